The van der Waals surface area contributed by atoms with Crippen molar-refractivity contribution in [2.24, 2.45) is 0 Å². The first-order valence-corrected chi connectivity index (χ1v) is 6.54. The normalized spacial score (nSPS) is 12.3. The van der Waals surface area contributed by atoms with Crippen molar-refractivity contribution in [1.82, 2.24) is 0 Å². The first kappa shape index (κ1) is 14.5. The van der Waals surface area contributed by atoms with Gasteiger partial charge in [-0.3, -0.25) is 0 Å². The molecule has 106 valence electrons. The van der Waals surface area contributed by atoms with Crippen molar-refractivity contribution in [1.29, 1.82) is 0 Å². The molecular formula is C17H19FO2. The number of benzene rings is 2. The van der Waals surface area contributed by atoms with Crippen LogP contribution in [0, 0.1) is 26.6 Å². The number of aliphatic hydroxyl groups excluding tert-OH is 1. The molecule has 0 radical (unpaired) electrons. The zero-order chi connectivity index (χ0) is 14.9. The molecule has 0 saturated heterocycles. The van der Waals surface area contributed by atoms with E-state index in [1.807, 2.05) is 19.9 Å². The number of ether oxygens (including phenoxy) is 1. The molecule has 0 heterocycles. The Hall–Kier alpha value is -1.87. The van der Waals surface area contributed by atoms with E-state index in [0.29, 0.717) is 16.9 Å². The second kappa shape index (κ2) is 5.63. The van der Waals surface area contributed by atoms with Gasteiger partial charge in [0.1, 0.15) is 17.7 Å². The molecule has 2 aromatic rings. The van der Waals surface area contributed by atoms with Crippen LogP contribution < -0.4 is 4.74 Å². The molecule has 0 aliphatic carbocycles. The molecule has 0 bridgehead atoms. The third kappa shape index (κ3) is 2.41. The van der Waals surface area contributed by atoms with Crippen molar-refractivity contribution in [3.05, 3.63) is 64.0 Å². The number of methoxy groups -OCH3 is 1. The predicted octanol–water partition coefficient (Wildman–Crippen LogP) is 3.84. The summed E-state index contributed by atoms with van der Waals surface area (Å²) in [7, 11) is 1.56. The Morgan fingerprint density at radius 2 is 1.70 bits per heavy atom. The number of rotatable bonds is 3. The van der Waals surface area contributed by atoms with E-state index in [0.717, 1.165) is 11.1 Å². The zero-order valence-electron chi connectivity index (χ0n) is 12.2. The summed E-state index contributed by atoms with van der Waals surface area (Å²) in [4.78, 5) is 0. The molecule has 0 saturated carbocycles. The lowest BCUT2D eigenvalue weighted by Crippen LogP contribution is -2.07. The fourth-order valence-corrected chi connectivity index (χ4v) is 2.35. The molecule has 0 spiro atoms. The summed E-state index contributed by atoms with van der Waals surface area (Å²) in [6.45, 7) is 5.58. The van der Waals surface area contributed by atoms with Gasteiger partial charge >= 0.3 is 0 Å². The van der Waals surface area contributed by atoms with Gasteiger partial charge < -0.3 is 9.84 Å². The molecule has 2 nitrogen and oxygen atoms in total. The van der Waals surface area contributed by atoms with E-state index in [1.165, 1.54) is 0 Å². The third-order valence-electron chi connectivity index (χ3n) is 3.72. The monoisotopic (exact) mass is 274 g/mol. The van der Waals surface area contributed by atoms with Crippen LogP contribution in [0.5, 0.6) is 5.75 Å². The molecule has 1 atom stereocenters. The Bertz CT molecular complexity index is 635. The van der Waals surface area contributed by atoms with Crippen LogP contribution in [0.25, 0.3) is 0 Å². The van der Waals surface area contributed by atoms with Gasteiger partial charge in [0.05, 0.1) is 7.11 Å². The highest BCUT2D eigenvalue weighted by atomic mass is 19.1. The van der Waals surface area contributed by atoms with Crippen LogP contribution in [-0.4, -0.2) is 12.2 Å². The van der Waals surface area contributed by atoms with Gasteiger partial charge in [0.25, 0.3) is 0 Å². The quantitative estimate of drug-likeness (QED) is 0.921. The Balaban J connectivity index is 2.56. The second-order valence-electron chi connectivity index (χ2n) is 5.01. The van der Waals surface area contributed by atoms with Crippen molar-refractivity contribution < 1.29 is 14.2 Å². The minimum absolute atomic E-state index is 0.270. The highest BCUT2D eigenvalue weighted by molar-refractivity contribution is 5.49. The van der Waals surface area contributed by atoms with Gasteiger partial charge in [-0.2, -0.15) is 0 Å². The van der Waals surface area contributed by atoms with Crippen molar-refractivity contribution in [3.63, 3.8) is 0 Å². The molecule has 2 aromatic carbocycles. The number of hydrogen-bond donors (Lipinski definition) is 1. The molecule has 2 rings (SSSR count). The van der Waals surface area contributed by atoms with E-state index in [9.17, 15) is 9.50 Å². The summed E-state index contributed by atoms with van der Waals surface area (Å²) < 4.78 is 19.5. The molecule has 20 heavy (non-hydrogen) atoms. The second-order valence-corrected chi connectivity index (χ2v) is 5.01. The molecule has 1 N–H and O–H groups in total. The SMILES string of the molecule is COc1c(C(O)c2cccc(C)c2F)ccc(C)c1C. The minimum Gasteiger partial charge on any atom is -0.496 e. The van der Waals surface area contributed by atoms with Crippen LogP contribution in [-0.2, 0) is 0 Å². The van der Waals surface area contributed by atoms with E-state index in [1.54, 1.807) is 38.3 Å². The molecule has 0 fully saturated rings. The lowest BCUT2D eigenvalue weighted by atomic mass is 9.95. The third-order valence-corrected chi connectivity index (χ3v) is 3.72. The maximum absolute atomic E-state index is 14.2. The van der Waals surface area contributed by atoms with Crippen LogP contribution in [0.3, 0.4) is 0 Å². The van der Waals surface area contributed by atoms with E-state index in [2.05, 4.69) is 0 Å². The van der Waals surface area contributed by atoms with Crippen molar-refractivity contribution in [2.75, 3.05) is 7.11 Å². The molecule has 1 unspecified atom stereocenters. The Morgan fingerprint density at radius 1 is 1.00 bits per heavy atom. The average Bonchev–Trinajstić information content (AvgIpc) is 2.44. The van der Waals surface area contributed by atoms with Gasteiger partial charge in [-0.15, -0.1) is 0 Å². The van der Waals surface area contributed by atoms with Crippen LogP contribution in [0.4, 0.5) is 4.39 Å². The standard InChI is InChI=1S/C17H19FO2/c1-10-8-9-14(17(20-4)12(10)3)16(19)13-7-5-6-11(2)15(13)18/h5-9,16,19H,1-4H3. The highest BCUT2D eigenvalue weighted by Gasteiger charge is 2.21. The van der Waals surface area contributed by atoms with Gasteiger partial charge in [-0.25, -0.2) is 4.39 Å². The first-order chi connectivity index (χ1) is 9.47. The maximum Gasteiger partial charge on any atom is 0.132 e. The topological polar surface area (TPSA) is 29.5 Å². The molecule has 3 heteroatoms. The van der Waals surface area contributed by atoms with Crippen molar-refractivity contribution >= 4 is 0 Å². The Morgan fingerprint density at radius 3 is 2.35 bits per heavy atom. The van der Waals surface area contributed by atoms with Crippen LogP contribution in [0.15, 0.2) is 30.3 Å². The summed E-state index contributed by atoms with van der Waals surface area (Å²) in [5.74, 6) is 0.235. The fourth-order valence-electron chi connectivity index (χ4n) is 2.35. The molecule has 0 aliphatic rings. The molecule has 0 aliphatic heterocycles. The molecular weight excluding hydrogens is 255 g/mol. The predicted molar refractivity (Wildman–Crippen MR) is 77.7 cm³/mol. The molecule has 0 aromatic heterocycles. The fraction of sp³-hybridized carbons (Fsp3) is 0.294. The van der Waals surface area contributed by atoms with E-state index < -0.39 is 6.10 Å². The number of halogens is 1. The summed E-state index contributed by atoms with van der Waals surface area (Å²) in [6, 6.07) is 8.72. The Kier molecular flexibility index (Phi) is 4.09. The lowest BCUT2D eigenvalue weighted by Gasteiger charge is -2.19. The largest absolute Gasteiger partial charge is 0.496 e. The van der Waals surface area contributed by atoms with Gasteiger partial charge in [0.15, 0.2) is 0 Å². The van der Waals surface area contributed by atoms with Gasteiger partial charge in [-0.05, 0) is 37.5 Å². The number of aliphatic hydroxyl groups is 1. The Labute approximate surface area is 118 Å². The van der Waals surface area contributed by atoms with Crippen molar-refractivity contribution in [3.8, 4) is 5.75 Å². The van der Waals surface area contributed by atoms with Crippen LogP contribution in [0.1, 0.15) is 33.9 Å². The summed E-state index contributed by atoms with van der Waals surface area (Å²) in [5.41, 5.74) is 3.40. The molecule has 0 amide bonds. The van der Waals surface area contributed by atoms with Crippen LogP contribution >= 0.6 is 0 Å². The first-order valence-electron chi connectivity index (χ1n) is 6.54. The number of hydrogen-bond acceptors (Lipinski definition) is 2. The van der Waals surface area contributed by atoms with E-state index in [-0.39, 0.29) is 11.4 Å². The number of aryl methyl sites for hydroxylation is 2. The van der Waals surface area contributed by atoms with Gasteiger partial charge in [0, 0.05) is 11.1 Å². The van der Waals surface area contributed by atoms with Crippen molar-refractivity contribution in [2.45, 2.75) is 26.9 Å². The average molecular weight is 274 g/mol. The van der Waals surface area contributed by atoms with Gasteiger partial charge in [-0.1, -0.05) is 30.3 Å². The van der Waals surface area contributed by atoms with E-state index >= 15 is 0 Å². The van der Waals surface area contributed by atoms with Gasteiger partial charge in [0.2, 0.25) is 0 Å². The minimum atomic E-state index is -1.04. The smallest absolute Gasteiger partial charge is 0.132 e. The van der Waals surface area contributed by atoms with Crippen LogP contribution in [0.2, 0.25) is 0 Å². The highest BCUT2D eigenvalue weighted by Crippen LogP contribution is 2.35. The summed E-state index contributed by atoms with van der Waals surface area (Å²) in [6.07, 6.45) is -1.04. The summed E-state index contributed by atoms with van der Waals surface area (Å²) in [5, 5.41) is 10.5. The lowest BCUT2D eigenvalue weighted by molar-refractivity contribution is 0.209. The van der Waals surface area contributed by atoms with E-state index in [4.69, 9.17) is 4.74 Å². The zero-order valence-corrected chi connectivity index (χ0v) is 12.2. The summed E-state index contributed by atoms with van der Waals surface area (Å²) >= 11 is 0. The maximum atomic E-state index is 14.2.